The van der Waals surface area contributed by atoms with Crippen LogP contribution in [0.2, 0.25) is 0 Å². The lowest BCUT2D eigenvalue weighted by Crippen LogP contribution is -2.28. The number of pyridine rings is 1. The SMILES string of the molecule is CCCCCN(C)C(=O)c1cc2ccccc2c(NN)n1. The third-order valence-electron chi connectivity index (χ3n) is 3.54. The number of nitrogens with two attached hydrogens (primary N) is 1. The minimum atomic E-state index is -0.0756. The Hall–Kier alpha value is -2.14. The molecule has 1 amide bonds. The minimum Gasteiger partial charge on any atom is -0.340 e. The molecule has 0 saturated heterocycles. The second kappa shape index (κ2) is 7.04. The highest BCUT2D eigenvalue weighted by atomic mass is 16.2. The van der Waals surface area contributed by atoms with Gasteiger partial charge in [0.2, 0.25) is 0 Å². The van der Waals surface area contributed by atoms with E-state index in [0.29, 0.717) is 11.5 Å². The zero-order valence-corrected chi connectivity index (χ0v) is 12.6. The number of nitrogens with zero attached hydrogens (tertiary/aromatic N) is 2. The maximum absolute atomic E-state index is 12.4. The summed E-state index contributed by atoms with van der Waals surface area (Å²) in [6.45, 7) is 2.89. The maximum Gasteiger partial charge on any atom is 0.272 e. The number of anilines is 1. The molecule has 0 radical (unpaired) electrons. The number of aromatic nitrogens is 1. The predicted molar refractivity (Wildman–Crippen MR) is 86.0 cm³/mol. The first-order valence-corrected chi connectivity index (χ1v) is 7.29. The van der Waals surface area contributed by atoms with E-state index >= 15 is 0 Å². The van der Waals surface area contributed by atoms with E-state index in [1.807, 2.05) is 37.4 Å². The fourth-order valence-corrected chi connectivity index (χ4v) is 2.31. The highest BCUT2D eigenvalue weighted by molar-refractivity contribution is 6.00. The fraction of sp³-hybridized carbons (Fsp3) is 0.375. The van der Waals surface area contributed by atoms with Crippen molar-refractivity contribution in [2.24, 2.45) is 5.84 Å². The quantitative estimate of drug-likeness (QED) is 0.486. The van der Waals surface area contributed by atoms with Crippen molar-refractivity contribution >= 4 is 22.5 Å². The summed E-state index contributed by atoms with van der Waals surface area (Å²) in [7, 11) is 1.81. The Kier molecular flexibility index (Phi) is 5.11. The molecule has 1 aromatic carbocycles. The van der Waals surface area contributed by atoms with Crippen molar-refractivity contribution in [3.63, 3.8) is 0 Å². The average Bonchev–Trinajstić information content (AvgIpc) is 2.53. The topological polar surface area (TPSA) is 71.2 Å². The van der Waals surface area contributed by atoms with Gasteiger partial charge in [-0.2, -0.15) is 0 Å². The molecule has 2 aromatic rings. The number of hydrogen-bond donors (Lipinski definition) is 2. The molecule has 0 aliphatic rings. The van der Waals surface area contributed by atoms with Crippen molar-refractivity contribution in [3.05, 3.63) is 36.0 Å². The largest absolute Gasteiger partial charge is 0.340 e. The van der Waals surface area contributed by atoms with E-state index in [0.717, 1.165) is 36.6 Å². The lowest BCUT2D eigenvalue weighted by molar-refractivity contribution is 0.0787. The van der Waals surface area contributed by atoms with E-state index < -0.39 is 0 Å². The van der Waals surface area contributed by atoms with Crippen LogP contribution in [0.3, 0.4) is 0 Å². The maximum atomic E-state index is 12.4. The average molecular weight is 286 g/mol. The molecule has 21 heavy (non-hydrogen) atoms. The van der Waals surface area contributed by atoms with Gasteiger partial charge in [-0.15, -0.1) is 0 Å². The smallest absolute Gasteiger partial charge is 0.272 e. The molecule has 0 unspecified atom stereocenters. The van der Waals surface area contributed by atoms with Crippen LogP contribution in [0.4, 0.5) is 5.82 Å². The summed E-state index contributed by atoms with van der Waals surface area (Å²) >= 11 is 0. The van der Waals surface area contributed by atoms with Crippen LogP contribution in [0.1, 0.15) is 36.7 Å². The predicted octanol–water partition coefficient (Wildman–Crippen LogP) is 2.78. The first-order valence-electron chi connectivity index (χ1n) is 7.29. The van der Waals surface area contributed by atoms with Gasteiger partial charge in [0.15, 0.2) is 0 Å². The van der Waals surface area contributed by atoms with Gasteiger partial charge in [0, 0.05) is 19.0 Å². The number of hydrazine groups is 1. The highest BCUT2D eigenvalue weighted by Crippen LogP contribution is 2.22. The standard InChI is InChI=1S/C16H22N4O/c1-3-4-7-10-20(2)16(21)14-11-12-8-5-6-9-13(12)15(18-14)19-17/h5-6,8-9,11H,3-4,7,10,17H2,1-2H3,(H,18,19). The van der Waals surface area contributed by atoms with Crippen LogP contribution in [-0.2, 0) is 0 Å². The summed E-state index contributed by atoms with van der Waals surface area (Å²) in [6, 6.07) is 9.54. The van der Waals surface area contributed by atoms with Crippen molar-refractivity contribution in [2.45, 2.75) is 26.2 Å². The molecular formula is C16H22N4O. The van der Waals surface area contributed by atoms with Gasteiger partial charge in [-0.25, -0.2) is 10.8 Å². The molecule has 0 atom stereocenters. The van der Waals surface area contributed by atoms with Gasteiger partial charge < -0.3 is 10.3 Å². The Balaban J connectivity index is 2.27. The monoisotopic (exact) mass is 286 g/mol. The Morgan fingerprint density at radius 2 is 2.10 bits per heavy atom. The molecule has 1 aromatic heterocycles. The van der Waals surface area contributed by atoms with Crippen LogP contribution >= 0.6 is 0 Å². The van der Waals surface area contributed by atoms with E-state index in [4.69, 9.17) is 5.84 Å². The van der Waals surface area contributed by atoms with Crippen LogP contribution in [0.15, 0.2) is 30.3 Å². The molecule has 112 valence electrons. The number of fused-ring (bicyclic) bond motifs is 1. The fourth-order valence-electron chi connectivity index (χ4n) is 2.31. The molecule has 5 nitrogen and oxygen atoms in total. The lowest BCUT2D eigenvalue weighted by atomic mass is 10.1. The minimum absolute atomic E-state index is 0.0756. The number of carbonyl (C=O) groups excluding carboxylic acids is 1. The molecule has 0 bridgehead atoms. The summed E-state index contributed by atoms with van der Waals surface area (Å²) in [5, 5.41) is 1.86. The zero-order valence-electron chi connectivity index (χ0n) is 12.6. The molecule has 1 heterocycles. The number of nitrogen functional groups attached to an aromatic ring is 1. The Morgan fingerprint density at radius 1 is 1.33 bits per heavy atom. The molecule has 0 fully saturated rings. The van der Waals surface area contributed by atoms with Crippen LogP contribution in [0, 0.1) is 0 Å². The number of carbonyl (C=O) groups is 1. The summed E-state index contributed by atoms with van der Waals surface area (Å²) in [4.78, 5) is 18.5. The van der Waals surface area contributed by atoms with E-state index in [-0.39, 0.29) is 5.91 Å². The van der Waals surface area contributed by atoms with Crippen LogP contribution < -0.4 is 11.3 Å². The van der Waals surface area contributed by atoms with Crippen LogP contribution in [-0.4, -0.2) is 29.4 Å². The Bertz CT molecular complexity index is 627. The van der Waals surface area contributed by atoms with E-state index in [1.54, 1.807) is 4.90 Å². The van der Waals surface area contributed by atoms with Crippen LogP contribution in [0.25, 0.3) is 10.8 Å². The number of rotatable bonds is 6. The van der Waals surface area contributed by atoms with E-state index in [1.165, 1.54) is 0 Å². The summed E-state index contributed by atoms with van der Waals surface area (Å²) in [5.74, 6) is 5.97. The lowest BCUT2D eigenvalue weighted by Gasteiger charge is -2.17. The number of amides is 1. The molecule has 0 aliphatic heterocycles. The Labute approximate surface area is 125 Å². The summed E-state index contributed by atoms with van der Waals surface area (Å²) < 4.78 is 0. The van der Waals surface area contributed by atoms with Gasteiger partial charge in [-0.1, -0.05) is 44.0 Å². The molecule has 2 rings (SSSR count). The summed E-state index contributed by atoms with van der Waals surface area (Å²) in [6.07, 6.45) is 3.27. The third-order valence-corrected chi connectivity index (χ3v) is 3.54. The van der Waals surface area contributed by atoms with Crippen LogP contribution in [0.5, 0.6) is 0 Å². The van der Waals surface area contributed by atoms with Gasteiger partial charge >= 0.3 is 0 Å². The van der Waals surface area contributed by atoms with Crippen molar-refractivity contribution in [1.82, 2.24) is 9.88 Å². The third kappa shape index (κ3) is 3.49. The Morgan fingerprint density at radius 3 is 2.81 bits per heavy atom. The van der Waals surface area contributed by atoms with Gasteiger partial charge in [-0.05, 0) is 17.9 Å². The molecular weight excluding hydrogens is 264 g/mol. The van der Waals surface area contributed by atoms with Gasteiger partial charge in [0.25, 0.3) is 5.91 Å². The van der Waals surface area contributed by atoms with E-state index in [2.05, 4.69) is 17.3 Å². The first kappa shape index (κ1) is 15.3. The molecule has 0 saturated carbocycles. The van der Waals surface area contributed by atoms with Crippen molar-refractivity contribution in [3.8, 4) is 0 Å². The molecule has 0 spiro atoms. The number of benzene rings is 1. The normalized spacial score (nSPS) is 10.6. The summed E-state index contributed by atoms with van der Waals surface area (Å²) in [5.41, 5.74) is 2.99. The number of hydrogen-bond acceptors (Lipinski definition) is 4. The van der Waals surface area contributed by atoms with Crippen molar-refractivity contribution in [1.29, 1.82) is 0 Å². The molecule has 3 N–H and O–H groups in total. The number of unbranched alkanes of at least 4 members (excludes halogenated alkanes) is 2. The van der Waals surface area contributed by atoms with Gasteiger partial charge in [-0.3, -0.25) is 4.79 Å². The second-order valence-corrected chi connectivity index (χ2v) is 5.16. The van der Waals surface area contributed by atoms with Crippen molar-refractivity contribution < 1.29 is 4.79 Å². The van der Waals surface area contributed by atoms with Crippen molar-refractivity contribution in [2.75, 3.05) is 19.0 Å². The van der Waals surface area contributed by atoms with Gasteiger partial charge in [0.05, 0.1) is 0 Å². The van der Waals surface area contributed by atoms with E-state index in [9.17, 15) is 4.79 Å². The van der Waals surface area contributed by atoms with Gasteiger partial charge in [0.1, 0.15) is 11.5 Å². The molecule has 5 heteroatoms. The number of nitrogens with one attached hydrogen (secondary N) is 1. The highest BCUT2D eigenvalue weighted by Gasteiger charge is 2.15. The second-order valence-electron chi connectivity index (χ2n) is 5.16. The molecule has 0 aliphatic carbocycles. The first-order chi connectivity index (χ1) is 10.2. The zero-order chi connectivity index (χ0) is 15.2.